The number of ketones is 4. The van der Waals surface area contributed by atoms with Gasteiger partial charge in [-0.15, -0.1) is 0 Å². The van der Waals surface area contributed by atoms with Crippen molar-refractivity contribution < 1.29 is 69.3 Å². The maximum atomic E-state index is 14.3. The number of aliphatic hydroxyl groups excluding tert-OH is 2. The molecule has 0 spiro atoms. The first kappa shape index (κ1) is 36.2. The molecule has 56 heavy (non-hydrogen) atoms. The van der Waals surface area contributed by atoms with Gasteiger partial charge in [0.1, 0.15) is 0 Å². The minimum Gasteiger partial charge on any atom is -0.543 e. The molecule has 0 saturated heterocycles. The van der Waals surface area contributed by atoms with Crippen molar-refractivity contribution in [3.8, 4) is 11.5 Å². The van der Waals surface area contributed by atoms with Crippen molar-refractivity contribution in [1.29, 1.82) is 0 Å². The van der Waals surface area contributed by atoms with E-state index in [9.17, 15) is 69.3 Å². The molecular formula is C38H23N4O14-3. The molecule has 0 radical (unpaired) electrons. The first-order chi connectivity index (χ1) is 26.0. The number of aromatic amines is 4. The van der Waals surface area contributed by atoms with Crippen LogP contribution < -0.4 is 25.9 Å². The van der Waals surface area contributed by atoms with Gasteiger partial charge in [-0.1, -0.05) is 7.43 Å². The molecule has 0 unspecified atom stereocenters. The summed E-state index contributed by atoms with van der Waals surface area (Å²) in [6.45, 7) is 2.64. The van der Waals surface area contributed by atoms with Gasteiger partial charge in [0.05, 0.1) is 68.4 Å². The Labute approximate surface area is 310 Å². The van der Waals surface area contributed by atoms with E-state index in [1.807, 2.05) is 0 Å². The molecule has 0 bridgehead atoms. The number of carboxylic acid groups (broad SMARTS) is 3. The third kappa shape index (κ3) is 4.58. The summed E-state index contributed by atoms with van der Waals surface area (Å²) in [5.74, 6) is -14.9. The van der Waals surface area contributed by atoms with Gasteiger partial charge in [0.2, 0.25) is 23.1 Å². The zero-order valence-corrected chi connectivity index (χ0v) is 27.8. The van der Waals surface area contributed by atoms with Gasteiger partial charge in [-0.05, 0) is 38.1 Å². The zero-order valence-electron chi connectivity index (χ0n) is 27.8. The van der Waals surface area contributed by atoms with Gasteiger partial charge in [-0.25, -0.2) is 0 Å². The maximum absolute atomic E-state index is 14.3. The van der Waals surface area contributed by atoms with Crippen LogP contribution >= 0.6 is 0 Å². The fourth-order valence-corrected chi connectivity index (χ4v) is 7.35. The van der Waals surface area contributed by atoms with Crippen LogP contribution in [0.25, 0.3) is 44.3 Å². The van der Waals surface area contributed by atoms with E-state index >= 15 is 0 Å². The molecule has 0 aliphatic heterocycles. The average molecular weight is 760 g/mol. The van der Waals surface area contributed by atoms with E-state index in [0.717, 1.165) is 18.2 Å². The number of hydrogen-bond donors (Lipinski definition) is 8. The number of benzene rings is 1. The summed E-state index contributed by atoms with van der Waals surface area (Å²) in [6.07, 6.45) is 1.39. The number of aliphatic hydroxyl groups is 2. The van der Waals surface area contributed by atoms with E-state index in [1.54, 1.807) is 0 Å². The molecule has 4 aromatic heterocycles. The van der Waals surface area contributed by atoms with Crippen LogP contribution in [0.4, 0.5) is 0 Å². The second-order valence-electron chi connectivity index (χ2n) is 12.8. The van der Waals surface area contributed by atoms with Gasteiger partial charge in [-0.2, -0.15) is 0 Å². The van der Waals surface area contributed by atoms with Crippen molar-refractivity contribution in [2.75, 3.05) is 0 Å². The number of carbonyl (C=O) groups excluding carboxylic acids is 7. The number of H-pyrrole nitrogens is 4. The lowest BCUT2D eigenvalue weighted by molar-refractivity contribution is -0.256. The summed E-state index contributed by atoms with van der Waals surface area (Å²) >= 11 is 0. The van der Waals surface area contributed by atoms with Gasteiger partial charge in [0, 0.05) is 61.4 Å². The smallest absolute Gasteiger partial charge is 0.234 e. The van der Waals surface area contributed by atoms with Gasteiger partial charge >= 0.3 is 0 Å². The van der Waals surface area contributed by atoms with Crippen LogP contribution in [0.3, 0.4) is 0 Å². The van der Waals surface area contributed by atoms with E-state index < -0.39 is 131 Å². The van der Waals surface area contributed by atoms with Crippen molar-refractivity contribution in [3.05, 3.63) is 103 Å². The van der Waals surface area contributed by atoms with E-state index in [0.29, 0.717) is 0 Å². The molecule has 0 amide bonds. The Morgan fingerprint density at radius 3 is 1.70 bits per heavy atom. The number of phenolic OH excluding ortho intramolecular Hbond substituents is 2. The maximum Gasteiger partial charge on any atom is 0.234 e. The van der Waals surface area contributed by atoms with Gasteiger partial charge in [0.25, 0.3) is 0 Å². The fourth-order valence-electron chi connectivity index (χ4n) is 7.35. The SMILES string of the molecule is C.CC1=C(O)C(=O)/C(=C2\C(=O)C(O)=C(c3c(O)c(O)c(C4=c5cc[nH]c5=C(C)C(=O)C4=O)c4cc(C(=O)[O-])[nH]c34)c3[nH]c(C(=O)[O-])cc32)c2cc(C(=O)[O-])[nH]c21. The van der Waals surface area contributed by atoms with Gasteiger partial charge < -0.3 is 70.1 Å². The Kier molecular flexibility index (Phi) is 7.72. The number of Topliss-reactive ketones (excluding diaryl/α,β-unsaturated/α-hetero) is 4. The van der Waals surface area contributed by atoms with Crippen molar-refractivity contribution >= 4 is 85.4 Å². The van der Waals surface area contributed by atoms with Crippen LogP contribution in [-0.4, -0.2) is 81.4 Å². The number of allylic oxidation sites excluding steroid dienone is 3. The minimum absolute atomic E-state index is 0. The molecule has 18 nitrogen and oxygen atoms in total. The van der Waals surface area contributed by atoms with E-state index in [-0.39, 0.29) is 45.8 Å². The number of aromatic carboxylic acids is 3. The summed E-state index contributed by atoms with van der Waals surface area (Å²) in [5.41, 5.74) is -7.93. The molecule has 3 aliphatic carbocycles. The monoisotopic (exact) mass is 759 g/mol. The third-order valence-electron chi connectivity index (χ3n) is 9.89. The normalized spacial score (nSPS) is 16.7. The molecule has 282 valence electrons. The van der Waals surface area contributed by atoms with Gasteiger partial charge in [0.15, 0.2) is 23.0 Å². The lowest BCUT2D eigenvalue weighted by Gasteiger charge is -2.25. The van der Waals surface area contributed by atoms with E-state index in [2.05, 4.69) is 19.9 Å². The highest BCUT2D eigenvalue weighted by molar-refractivity contribution is 6.64. The number of carbonyl (C=O) groups is 7. The summed E-state index contributed by atoms with van der Waals surface area (Å²) in [4.78, 5) is 101. The largest absolute Gasteiger partial charge is 0.543 e. The second kappa shape index (κ2) is 11.9. The number of aromatic hydroxyl groups is 2. The van der Waals surface area contributed by atoms with Crippen LogP contribution in [0.15, 0.2) is 42.0 Å². The zero-order chi connectivity index (χ0) is 39.7. The molecule has 8 rings (SSSR count). The highest BCUT2D eigenvalue weighted by Crippen LogP contribution is 2.52. The number of carboxylic acids is 3. The van der Waals surface area contributed by atoms with Crippen molar-refractivity contribution in [3.63, 3.8) is 0 Å². The molecule has 18 heteroatoms. The topological polar surface area (TPSA) is 333 Å². The number of phenols is 2. The molecular weight excluding hydrogens is 736 g/mol. The lowest BCUT2D eigenvalue weighted by Crippen LogP contribution is -2.39. The standard InChI is InChI=1S/C37H22N4O14.CH4/c1-8-23-10(3-4-38-23)17(29(44)27(8)42)19-12-6-15(36(52)53)40-25(12)21(33(48)31(19)46)22-26-13(7-16(41-26)37(54)55)20(32(47)34(22)49)18-11-5-14(35(50)51)39-24(11)9(2)28(43)30(18)45;/h3-7,38-41,43,46,48-49H,1-2H3,(H,50,51)(H,52,53)(H,54,55);1H4/p-3/b20-18-;. The number of fused-ring (bicyclic) bond motifs is 4. The predicted octanol–water partition coefficient (Wildman–Crippen LogP) is -1.51. The van der Waals surface area contributed by atoms with Crippen molar-refractivity contribution in [2.45, 2.75) is 21.3 Å². The molecule has 5 aromatic rings. The predicted molar refractivity (Wildman–Crippen MR) is 185 cm³/mol. The van der Waals surface area contributed by atoms with Gasteiger partial charge in [-0.3, -0.25) is 19.2 Å². The Hall–Kier alpha value is -8.15. The molecule has 0 saturated carbocycles. The van der Waals surface area contributed by atoms with E-state index in [4.69, 9.17) is 0 Å². The second-order valence-corrected chi connectivity index (χ2v) is 12.8. The first-order valence-corrected chi connectivity index (χ1v) is 15.8. The average Bonchev–Trinajstić information content (AvgIpc) is 3.96. The summed E-state index contributed by atoms with van der Waals surface area (Å²) in [5, 5.41) is 81.9. The molecule has 0 fully saturated rings. The number of hydrogen-bond acceptors (Lipinski definition) is 14. The number of rotatable bonds is 5. The van der Waals surface area contributed by atoms with Crippen LogP contribution in [0.1, 0.15) is 86.4 Å². The molecule has 0 atom stereocenters. The van der Waals surface area contributed by atoms with Crippen LogP contribution in [0.5, 0.6) is 11.5 Å². The highest BCUT2D eigenvalue weighted by atomic mass is 16.4. The van der Waals surface area contributed by atoms with Crippen LogP contribution in [0, 0.1) is 0 Å². The lowest BCUT2D eigenvalue weighted by atomic mass is 9.78. The Balaban J connectivity index is 0.00000480. The molecule has 4 heterocycles. The minimum atomic E-state index is -1.88. The highest BCUT2D eigenvalue weighted by Gasteiger charge is 2.42. The Morgan fingerprint density at radius 2 is 1.11 bits per heavy atom. The summed E-state index contributed by atoms with van der Waals surface area (Å²) in [6, 6.07) is 4.02. The van der Waals surface area contributed by atoms with Crippen LogP contribution in [-0.2, 0) is 19.2 Å². The Bertz CT molecular complexity index is 3040. The number of aromatic nitrogens is 4. The van der Waals surface area contributed by atoms with Crippen molar-refractivity contribution in [2.24, 2.45) is 0 Å². The Morgan fingerprint density at radius 1 is 0.589 bits per heavy atom. The number of nitrogens with one attached hydrogen (secondary N) is 4. The summed E-state index contributed by atoms with van der Waals surface area (Å²) < 4.78 is 0. The first-order valence-electron chi connectivity index (χ1n) is 15.8. The molecule has 1 aromatic carbocycles. The van der Waals surface area contributed by atoms with Crippen molar-refractivity contribution in [1.82, 2.24) is 19.9 Å². The fraction of sp³-hybridized carbons (Fsp3) is 0.0789. The van der Waals surface area contributed by atoms with Crippen LogP contribution in [0.2, 0.25) is 0 Å². The molecule has 8 N–H and O–H groups in total. The molecule has 3 aliphatic rings. The summed E-state index contributed by atoms with van der Waals surface area (Å²) in [7, 11) is 0. The third-order valence-corrected chi connectivity index (χ3v) is 9.89. The quantitative estimate of drug-likeness (QED) is 0.0574. The van der Waals surface area contributed by atoms with E-state index in [1.165, 1.54) is 26.1 Å².